The molecule has 1 N–H and O–H groups in total. The summed E-state index contributed by atoms with van der Waals surface area (Å²) < 4.78 is 5.55. The zero-order valence-electron chi connectivity index (χ0n) is 21.4. The van der Waals surface area contributed by atoms with E-state index in [9.17, 15) is 4.79 Å². The Hall–Kier alpha value is -1.50. The van der Waals surface area contributed by atoms with Crippen LogP contribution in [0.5, 0.6) is 0 Å². The summed E-state index contributed by atoms with van der Waals surface area (Å²) in [6.07, 6.45) is 8.34. The van der Waals surface area contributed by atoms with Crippen molar-refractivity contribution in [2.45, 2.75) is 78.2 Å². The minimum atomic E-state index is -0.446. The van der Waals surface area contributed by atoms with Gasteiger partial charge in [-0.3, -0.25) is 4.99 Å². The van der Waals surface area contributed by atoms with Crippen LogP contribution >= 0.6 is 0 Å². The fraction of sp³-hybridized carbons (Fsp3) is 0.917. The smallest absolute Gasteiger partial charge is 0.410 e. The van der Waals surface area contributed by atoms with Crippen molar-refractivity contribution in [2.75, 3.05) is 60.4 Å². The number of hydrogen-bond acceptors (Lipinski definition) is 4. The molecule has 1 aliphatic heterocycles. The third-order valence-electron chi connectivity index (χ3n) is 5.70. The maximum absolute atomic E-state index is 12.4. The van der Waals surface area contributed by atoms with Crippen LogP contribution in [0.1, 0.15) is 72.6 Å². The van der Waals surface area contributed by atoms with Crippen LogP contribution in [0.25, 0.3) is 0 Å². The highest BCUT2D eigenvalue weighted by Crippen LogP contribution is 2.20. The number of carbonyl (C=O) groups is 1. The van der Waals surface area contributed by atoms with Gasteiger partial charge in [-0.05, 0) is 79.9 Å². The topological polar surface area (TPSA) is 60.4 Å². The van der Waals surface area contributed by atoms with Crippen molar-refractivity contribution in [3.8, 4) is 0 Å². The average molecular weight is 440 g/mol. The first-order valence-corrected chi connectivity index (χ1v) is 12.2. The highest BCUT2D eigenvalue weighted by atomic mass is 16.6. The molecular formula is C24H49N5O2. The zero-order valence-corrected chi connectivity index (χ0v) is 21.4. The van der Waals surface area contributed by atoms with Crippen LogP contribution in [0.3, 0.4) is 0 Å². The Labute approximate surface area is 191 Å². The lowest BCUT2D eigenvalue weighted by atomic mass is 9.96. The lowest BCUT2D eigenvalue weighted by Crippen LogP contribution is -2.48. The minimum Gasteiger partial charge on any atom is -0.444 e. The van der Waals surface area contributed by atoms with Crippen LogP contribution in [-0.2, 0) is 4.74 Å². The van der Waals surface area contributed by atoms with Crippen LogP contribution in [0.4, 0.5) is 4.79 Å². The summed E-state index contributed by atoms with van der Waals surface area (Å²) in [4.78, 5) is 23.4. The molecule has 0 bridgehead atoms. The fourth-order valence-electron chi connectivity index (χ4n) is 3.91. The number of unbranched alkanes of at least 4 members (excludes halogenated alkanes) is 4. The Bertz CT molecular complexity index is 523. The van der Waals surface area contributed by atoms with Crippen molar-refractivity contribution in [3.63, 3.8) is 0 Å². The zero-order chi connectivity index (χ0) is 23.3. The van der Waals surface area contributed by atoms with Gasteiger partial charge in [0.2, 0.25) is 0 Å². The van der Waals surface area contributed by atoms with Gasteiger partial charge in [0.25, 0.3) is 0 Å². The van der Waals surface area contributed by atoms with E-state index in [2.05, 4.69) is 34.2 Å². The summed E-state index contributed by atoms with van der Waals surface area (Å²) in [5, 5.41) is 3.54. The average Bonchev–Trinajstić information content (AvgIpc) is 2.70. The molecule has 31 heavy (non-hydrogen) atoms. The predicted octanol–water partition coefficient (Wildman–Crippen LogP) is 4.04. The molecule has 0 aromatic rings. The van der Waals surface area contributed by atoms with Gasteiger partial charge < -0.3 is 24.8 Å². The number of piperidine rings is 1. The SMILES string of the molecule is CCN(CC1CCN(C(=NC)NCCCCCCCN(C)C)CC1)C(=O)OC(C)(C)C. The van der Waals surface area contributed by atoms with Crippen LogP contribution in [0.15, 0.2) is 4.99 Å². The monoisotopic (exact) mass is 439 g/mol. The van der Waals surface area contributed by atoms with E-state index < -0.39 is 5.60 Å². The first kappa shape index (κ1) is 27.5. The van der Waals surface area contributed by atoms with Crippen molar-refractivity contribution in [1.82, 2.24) is 20.0 Å². The third-order valence-corrected chi connectivity index (χ3v) is 5.70. The van der Waals surface area contributed by atoms with E-state index in [0.717, 1.165) is 45.0 Å². The van der Waals surface area contributed by atoms with Crippen molar-refractivity contribution in [3.05, 3.63) is 0 Å². The predicted molar refractivity (Wildman–Crippen MR) is 131 cm³/mol. The molecule has 0 aromatic heterocycles. The molecule has 0 aromatic carbocycles. The van der Waals surface area contributed by atoms with Crippen LogP contribution in [0.2, 0.25) is 0 Å². The fourth-order valence-corrected chi connectivity index (χ4v) is 3.91. The summed E-state index contributed by atoms with van der Waals surface area (Å²) in [6, 6.07) is 0. The number of carbonyl (C=O) groups excluding carboxylic acids is 1. The van der Waals surface area contributed by atoms with Crippen molar-refractivity contribution >= 4 is 12.1 Å². The molecule has 1 saturated heterocycles. The Morgan fingerprint density at radius 3 is 2.26 bits per heavy atom. The highest BCUT2D eigenvalue weighted by Gasteiger charge is 2.27. The number of hydrogen-bond donors (Lipinski definition) is 1. The number of rotatable bonds is 11. The number of likely N-dealkylation sites (tertiary alicyclic amines) is 1. The highest BCUT2D eigenvalue weighted by molar-refractivity contribution is 5.79. The number of nitrogens with one attached hydrogen (secondary N) is 1. The van der Waals surface area contributed by atoms with E-state index >= 15 is 0 Å². The number of guanidine groups is 1. The van der Waals surface area contributed by atoms with Gasteiger partial charge in [-0.15, -0.1) is 0 Å². The van der Waals surface area contributed by atoms with Gasteiger partial charge in [0.15, 0.2) is 5.96 Å². The molecule has 1 rings (SSSR count). The molecule has 0 saturated carbocycles. The first-order chi connectivity index (χ1) is 14.7. The second-order valence-corrected chi connectivity index (χ2v) is 9.99. The second kappa shape index (κ2) is 14.5. The molecule has 1 aliphatic rings. The summed E-state index contributed by atoms with van der Waals surface area (Å²) in [5.74, 6) is 1.54. The van der Waals surface area contributed by atoms with Crippen LogP contribution in [-0.4, -0.2) is 92.8 Å². The van der Waals surface area contributed by atoms with Crippen molar-refractivity contribution < 1.29 is 9.53 Å². The van der Waals surface area contributed by atoms with Gasteiger partial charge in [0.1, 0.15) is 5.60 Å². The molecule has 1 heterocycles. The number of nitrogens with zero attached hydrogens (tertiary/aromatic N) is 4. The molecule has 0 spiro atoms. The molecule has 1 fully saturated rings. The summed E-state index contributed by atoms with van der Waals surface area (Å²) >= 11 is 0. The molecular weight excluding hydrogens is 390 g/mol. The van der Waals surface area contributed by atoms with E-state index in [1.165, 1.54) is 38.6 Å². The van der Waals surface area contributed by atoms with E-state index in [-0.39, 0.29) is 6.09 Å². The second-order valence-electron chi connectivity index (χ2n) is 9.99. The van der Waals surface area contributed by atoms with Crippen molar-refractivity contribution in [1.29, 1.82) is 0 Å². The van der Waals surface area contributed by atoms with Gasteiger partial charge in [0, 0.05) is 39.8 Å². The van der Waals surface area contributed by atoms with E-state index in [4.69, 9.17) is 4.74 Å². The molecule has 1 amide bonds. The first-order valence-electron chi connectivity index (χ1n) is 12.2. The van der Waals surface area contributed by atoms with Gasteiger partial charge in [-0.1, -0.05) is 19.3 Å². The lowest BCUT2D eigenvalue weighted by molar-refractivity contribution is 0.0214. The van der Waals surface area contributed by atoms with Gasteiger partial charge in [-0.2, -0.15) is 0 Å². The Kier molecular flexibility index (Phi) is 12.9. The Morgan fingerprint density at radius 1 is 1.10 bits per heavy atom. The Balaban J connectivity index is 2.28. The van der Waals surface area contributed by atoms with Crippen molar-refractivity contribution in [2.24, 2.45) is 10.9 Å². The summed E-state index contributed by atoms with van der Waals surface area (Å²) in [5.41, 5.74) is -0.446. The Morgan fingerprint density at radius 2 is 1.71 bits per heavy atom. The van der Waals surface area contributed by atoms with Crippen LogP contribution < -0.4 is 5.32 Å². The minimum absolute atomic E-state index is 0.198. The van der Waals surface area contributed by atoms with Crippen LogP contribution in [0, 0.1) is 5.92 Å². The molecule has 0 aliphatic carbocycles. The number of amides is 1. The molecule has 0 radical (unpaired) electrons. The molecule has 7 heteroatoms. The standard InChI is InChI=1S/C24H49N5O2/c1-8-28(23(30)31-24(2,3)4)20-21-14-18-29(19-15-21)22(25-5)26-16-12-10-9-11-13-17-27(6)7/h21H,8-20H2,1-7H3,(H,25,26). The maximum Gasteiger partial charge on any atom is 0.410 e. The summed E-state index contributed by atoms with van der Waals surface area (Å²) in [6.45, 7) is 13.4. The normalized spacial score (nSPS) is 16.0. The lowest BCUT2D eigenvalue weighted by Gasteiger charge is -2.36. The number of ether oxygens (including phenoxy) is 1. The molecule has 7 nitrogen and oxygen atoms in total. The number of aliphatic imine (C=N–C) groups is 1. The molecule has 182 valence electrons. The quantitative estimate of drug-likeness (QED) is 0.299. The summed E-state index contributed by atoms with van der Waals surface area (Å²) in [7, 11) is 6.15. The maximum atomic E-state index is 12.4. The van der Waals surface area contributed by atoms with E-state index in [1.807, 2.05) is 39.6 Å². The van der Waals surface area contributed by atoms with E-state index in [0.29, 0.717) is 12.5 Å². The van der Waals surface area contributed by atoms with Gasteiger partial charge in [0.05, 0.1) is 0 Å². The molecule has 0 unspecified atom stereocenters. The molecule has 0 atom stereocenters. The van der Waals surface area contributed by atoms with E-state index in [1.54, 1.807) is 0 Å². The largest absolute Gasteiger partial charge is 0.444 e. The van der Waals surface area contributed by atoms with Gasteiger partial charge in [-0.25, -0.2) is 4.79 Å². The van der Waals surface area contributed by atoms with Gasteiger partial charge >= 0.3 is 6.09 Å². The third kappa shape index (κ3) is 12.2.